The third-order valence-corrected chi connectivity index (χ3v) is 0.855. The summed E-state index contributed by atoms with van der Waals surface area (Å²) in [5, 5.41) is 9.77. The van der Waals surface area contributed by atoms with Crippen LogP contribution in [-0.4, -0.2) is 11.1 Å². The molecule has 1 unspecified atom stereocenters. The minimum Gasteiger partial charge on any atom is -0.268 e. The van der Waals surface area contributed by atoms with Gasteiger partial charge in [0.25, 0.3) is 6.17 Å². The van der Waals surface area contributed by atoms with Crippen molar-refractivity contribution < 1.29 is 4.92 Å². The van der Waals surface area contributed by atoms with Crippen molar-refractivity contribution in [3.8, 4) is 0 Å². The van der Waals surface area contributed by atoms with Crippen LogP contribution in [0.1, 0.15) is 19.8 Å². The van der Waals surface area contributed by atoms with Crippen molar-refractivity contribution in [2.24, 2.45) is 5.73 Å². The van der Waals surface area contributed by atoms with Gasteiger partial charge in [-0.3, -0.25) is 15.8 Å². The molecule has 0 heterocycles. The summed E-state index contributed by atoms with van der Waals surface area (Å²) in [6, 6.07) is 0. The molecule has 2 N–H and O–H groups in total. The highest BCUT2D eigenvalue weighted by Gasteiger charge is 2.09. The van der Waals surface area contributed by atoms with E-state index in [9.17, 15) is 10.1 Å². The van der Waals surface area contributed by atoms with Gasteiger partial charge in [-0.15, -0.1) is 0 Å². The van der Waals surface area contributed by atoms with Gasteiger partial charge < -0.3 is 0 Å². The van der Waals surface area contributed by atoms with Crippen LogP contribution >= 0.6 is 0 Å². The molecule has 0 aliphatic carbocycles. The Bertz CT molecular complexity index is 84.1. The summed E-state index contributed by atoms with van der Waals surface area (Å²) >= 11 is 0. The average Bonchev–Trinajstić information content (AvgIpc) is 1.67. The lowest BCUT2D eigenvalue weighted by Gasteiger charge is -1.97. The predicted octanol–water partition coefficient (Wildman–Crippen LogP) is 0.348. The molecule has 4 heteroatoms. The van der Waals surface area contributed by atoms with Gasteiger partial charge in [0, 0.05) is 11.3 Å². The van der Waals surface area contributed by atoms with Gasteiger partial charge in [0.05, 0.1) is 0 Å². The average molecular weight is 118 g/mol. The van der Waals surface area contributed by atoms with Gasteiger partial charge >= 0.3 is 0 Å². The molecule has 0 aromatic heterocycles. The summed E-state index contributed by atoms with van der Waals surface area (Å²) in [6.45, 7) is 1.86. The fourth-order valence-corrected chi connectivity index (χ4v) is 0.401. The zero-order valence-corrected chi connectivity index (χ0v) is 4.83. The van der Waals surface area contributed by atoms with Gasteiger partial charge in [-0.2, -0.15) is 0 Å². The molecule has 0 rings (SSSR count). The quantitative estimate of drug-likeness (QED) is 0.330. The number of nitrogens with zero attached hydrogens (tertiary/aromatic N) is 1. The molecule has 0 bridgehead atoms. The van der Waals surface area contributed by atoms with E-state index in [1.165, 1.54) is 0 Å². The molecule has 0 aromatic rings. The van der Waals surface area contributed by atoms with Crippen LogP contribution in [-0.2, 0) is 0 Å². The standard InChI is InChI=1S/C4H10N2O2/c1-2-3-4(5)6(7)8/h4H,2-3,5H2,1H3. The summed E-state index contributed by atoms with van der Waals surface area (Å²) in [5.74, 6) is 0. The second-order valence-electron chi connectivity index (χ2n) is 1.64. The molecule has 48 valence electrons. The Morgan fingerprint density at radius 1 is 1.88 bits per heavy atom. The van der Waals surface area contributed by atoms with Crippen molar-refractivity contribution in [2.45, 2.75) is 25.9 Å². The summed E-state index contributed by atoms with van der Waals surface area (Å²) in [7, 11) is 0. The Morgan fingerprint density at radius 2 is 2.38 bits per heavy atom. The van der Waals surface area contributed by atoms with Gasteiger partial charge in [-0.25, -0.2) is 0 Å². The van der Waals surface area contributed by atoms with E-state index < -0.39 is 11.1 Å². The minimum absolute atomic E-state index is 0.465. The smallest absolute Gasteiger partial charge is 0.263 e. The number of hydrogen-bond donors (Lipinski definition) is 1. The zero-order chi connectivity index (χ0) is 6.57. The maximum atomic E-state index is 9.77. The topological polar surface area (TPSA) is 69.2 Å². The molecule has 0 radical (unpaired) electrons. The first kappa shape index (κ1) is 7.36. The van der Waals surface area contributed by atoms with Crippen LogP contribution in [0.4, 0.5) is 0 Å². The van der Waals surface area contributed by atoms with Crippen molar-refractivity contribution in [1.29, 1.82) is 0 Å². The third kappa shape index (κ3) is 2.52. The SMILES string of the molecule is CCCC(N)[N+](=O)[O-]. The van der Waals surface area contributed by atoms with Crippen LogP contribution in [0.15, 0.2) is 0 Å². The Kier molecular flexibility index (Phi) is 3.10. The number of nitrogens with two attached hydrogens (primary N) is 1. The zero-order valence-electron chi connectivity index (χ0n) is 4.83. The first-order chi connectivity index (χ1) is 3.68. The second-order valence-corrected chi connectivity index (χ2v) is 1.64. The van der Waals surface area contributed by atoms with Crippen molar-refractivity contribution in [3.63, 3.8) is 0 Å². The summed E-state index contributed by atoms with van der Waals surface area (Å²) < 4.78 is 0. The van der Waals surface area contributed by atoms with E-state index in [0.29, 0.717) is 6.42 Å². The van der Waals surface area contributed by atoms with Gasteiger partial charge in [0.1, 0.15) is 0 Å². The molecule has 0 aromatic carbocycles. The molecule has 0 spiro atoms. The van der Waals surface area contributed by atoms with Crippen LogP contribution < -0.4 is 5.73 Å². The molecule has 0 amide bonds. The van der Waals surface area contributed by atoms with Crippen molar-refractivity contribution in [3.05, 3.63) is 10.1 Å². The number of nitro groups is 1. The van der Waals surface area contributed by atoms with E-state index in [0.717, 1.165) is 6.42 Å². The first-order valence-electron chi connectivity index (χ1n) is 2.57. The van der Waals surface area contributed by atoms with E-state index in [4.69, 9.17) is 5.73 Å². The lowest BCUT2D eigenvalue weighted by atomic mass is 10.3. The van der Waals surface area contributed by atoms with Gasteiger partial charge in [-0.05, 0) is 6.42 Å². The van der Waals surface area contributed by atoms with E-state index in [2.05, 4.69) is 0 Å². The molecule has 0 saturated carbocycles. The largest absolute Gasteiger partial charge is 0.268 e. The molecule has 0 fully saturated rings. The first-order valence-corrected chi connectivity index (χ1v) is 2.57. The summed E-state index contributed by atoms with van der Waals surface area (Å²) in [6.07, 6.45) is 0.370. The van der Waals surface area contributed by atoms with E-state index in [-0.39, 0.29) is 0 Å². The molecule has 1 atom stereocenters. The Hall–Kier alpha value is -0.640. The maximum Gasteiger partial charge on any atom is 0.263 e. The van der Waals surface area contributed by atoms with Gasteiger partial charge in [0.2, 0.25) is 0 Å². The van der Waals surface area contributed by atoms with Crippen molar-refractivity contribution >= 4 is 0 Å². The van der Waals surface area contributed by atoms with E-state index >= 15 is 0 Å². The molecule has 0 aliphatic heterocycles. The predicted molar refractivity (Wildman–Crippen MR) is 29.9 cm³/mol. The van der Waals surface area contributed by atoms with Crippen LogP contribution in [0.5, 0.6) is 0 Å². The highest BCUT2D eigenvalue weighted by molar-refractivity contribution is 4.41. The Labute approximate surface area is 47.8 Å². The molecular formula is C4H10N2O2. The molecule has 0 aliphatic rings. The molecular weight excluding hydrogens is 108 g/mol. The monoisotopic (exact) mass is 118 g/mol. The van der Waals surface area contributed by atoms with Crippen molar-refractivity contribution in [2.75, 3.05) is 0 Å². The summed E-state index contributed by atoms with van der Waals surface area (Å²) in [4.78, 5) is 9.30. The van der Waals surface area contributed by atoms with E-state index in [1.54, 1.807) is 0 Å². The van der Waals surface area contributed by atoms with Crippen LogP contribution in [0.2, 0.25) is 0 Å². The minimum atomic E-state index is -0.861. The van der Waals surface area contributed by atoms with Crippen LogP contribution in [0.25, 0.3) is 0 Å². The fraction of sp³-hybridized carbons (Fsp3) is 1.00. The molecule has 4 nitrogen and oxygen atoms in total. The van der Waals surface area contributed by atoms with Gasteiger partial charge in [-0.1, -0.05) is 6.92 Å². The normalized spacial score (nSPS) is 13.2. The summed E-state index contributed by atoms with van der Waals surface area (Å²) in [5.41, 5.74) is 5.03. The molecule has 0 saturated heterocycles. The fourth-order valence-electron chi connectivity index (χ4n) is 0.401. The van der Waals surface area contributed by atoms with Crippen LogP contribution in [0, 0.1) is 10.1 Å². The molecule has 8 heavy (non-hydrogen) atoms. The highest BCUT2D eigenvalue weighted by Crippen LogP contribution is 1.91. The lowest BCUT2D eigenvalue weighted by Crippen LogP contribution is -2.28. The number of hydrogen-bond acceptors (Lipinski definition) is 3. The van der Waals surface area contributed by atoms with Crippen LogP contribution in [0.3, 0.4) is 0 Å². The Morgan fingerprint density at radius 3 is 2.50 bits per heavy atom. The Balaban J connectivity index is 3.32. The highest BCUT2D eigenvalue weighted by atomic mass is 16.6. The second kappa shape index (κ2) is 3.37. The van der Waals surface area contributed by atoms with Gasteiger partial charge in [0.15, 0.2) is 0 Å². The maximum absolute atomic E-state index is 9.77. The number of rotatable bonds is 3. The third-order valence-electron chi connectivity index (χ3n) is 0.855. The van der Waals surface area contributed by atoms with Crippen molar-refractivity contribution in [1.82, 2.24) is 0 Å². The lowest BCUT2D eigenvalue weighted by molar-refractivity contribution is -0.522. The van der Waals surface area contributed by atoms with E-state index in [1.807, 2.05) is 6.92 Å².